The average Bonchev–Trinajstić information content (AvgIpc) is 3.50. The van der Waals surface area contributed by atoms with Gasteiger partial charge in [0.25, 0.3) is 5.91 Å². The number of benzene rings is 2. The topological polar surface area (TPSA) is 59.4 Å². The Morgan fingerprint density at radius 1 is 1.15 bits per heavy atom. The molecule has 2 aromatic carbocycles. The van der Waals surface area contributed by atoms with Crippen LogP contribution in [0.15, 0.2) is 66.0 Å². The van der Waals surface area contributed by atoms with Crippen molar-refractivity contribution in [3.63, 3.8) is 0 Å². The third-order valence-electron chi connectivity index (χ3n) is 6.34. The zero-order chi connectivity index (χ0) is 23.8. The van der Waals surface area contributed by atoms with Crippen LogP contribution in [-0.4, -0.2) is 40.8 Å². The predicted octanol–water partition coefficient (Wildman–Crippen LogP) is 5.61. The lowest BCUT2D eigenvalue weighted by molar-refractivity contribution is -0.128. The molecule has 3 aromatic rings. The smallest absolute Gasteiger partial charge is 0.254 e. The number of hydrogen-bond acceptors (Lipinski definition) is 4. The molecule has 3 heterocycles. The fourth-order valence-corrected chi connectivity index (χ4v) is 5.13. The molecule has 176 valence electrons. The standard InChI is InChI=1S/C25H23Cl2FN4O2/c1-34-14-20-23(25(33)31-12-2-3-21(31)15-4-7-17(28)8-5-15)24(32-22(30-20)10-11-29-32)16-6-9-18(26)19(27)13-16/h4-11,13,21,24,30H,2-3,12,14H2,1H3. The Bertz CT molecular complexity index is 1260. The first-order chi connectivity index (χ1) is 16.5. The van der Waals surface area contributed by atoms with Crippen LogP contribution in [0, 0.1) is 5.82 Å². The van der Waals surface area contributed by atoms with Crippen LogP contribution in [0.2, 0.25) is 10.0 Å². The molecule has 1 saturated heterocycles. The van der Waals surface area contributed by atoms with Crippen molar-refractivity contribution in [1.82, 2.24) is 14.7 Å². The van der Waals surface area contributed by atoms with Crippen molar-refractivity contribution < 1.29 is 13.9 Å². The van der Waals surface area contributed by atoms with Gasteiger partial charge in [-0.05, 0) is 48.2 Å². The maximum Gasteiger partial charge on any atom is 0.254 e. The van der Waals surface area contributed by atoms with E-state index in [-0.39, 0.29) is 24.4 Å². The van der Waals surface area contributed by atoms with Crippen molar-refractivity contribution in [2.45, 2.75) is 24.9 Å². The van der Waals surface area contributed by atoms with Crippen LogP contribution < -0.4 is 5.32 Å². The van der Waals surface area contributed by atoms with Crippen LogP contribution >= 0.6 is 23.2 Å². The van der Waals surface area contributed by atoms with Gasteiger partial charge in [0, 0.05) is 19.7 Å². The molecule has 1 amide bonds. The molecule has 1 N–H and O–H groups in total. The first-order valence-corrected chi connectivity index (χ1v) is 11.8. The first-order valence-electron chi connectivity index (χ1n) is 11.0. The normalized spacial score (nSPS) is 19.8. The molecule has 6 nitrogen and oxygen atoms in total. The van der Waals surface area contributed by atoms with Crippen LogP contribution in [-0.2, 0) is 9.53 Å². The minimum absolute atomic E-state index is 0.122. The second-order valence-corrected chi connectivity index (χ2v) is 9.21. The fraction of sp³-hybridized carbons (Fsp3) is 0.280. The molecule has 2 aliphatic rings. The number of rotatable bonds is 5. The molecule has 0 radical (unpaired) electrons. The second kappa shape index (κ2) is 9.41. The number of hydrogen-bond donors (Lipinski definition) is 1. The minimum atomic E-state index is -0.520. The number of nitrogens with one attached hydrogen (secondary N) is 1. The van der Waals surface area contributed by atoms with Gasteiger partial charge in [0.15, 0.2) is 0 Å². The van der Waals surface area contributed by atoms with Crippen molar-refractivity contribution in [1.29, 1.82) is 0 Å². The summed E-state index contributed by atoms with van der Waals surface area (Å²) in [5.74, 6) is 0.326. The lowest BCUT2D eigenvalue weighted by atomic mass is 9.93. The Morgan fingerprint density at radius 2 is 1.91 bits per heavy atom. The third kappa shape index (κ3) is 4.08. The average molecular weight is 501 g/mol. The van der Waals surface area contributed by atoms with E-state index in [4.69, 9.17) is 27.9 Å². The lowest BCUT2D eigenvalue weighted by Crippen LogP contribution is -2.39. The number of carbonyl (C=O) groups excluding carboxylic acids is 1. The monoisotopic (exact) mass is 500 g/mol. The van der Waals surface area contributed by atoms with E-state index in [0.717, 1.165) is 29.8 Å². The van der Waals surface area contributed by atoms with Crippen LogP contribution in [0.5, 0.6) is 0 Å². The molecule has 0 saturated carbocycles. The molecule has 1 aromatic heterocycles. The van der Waals surface area contributed by atoms with Gasteiger partial charge in [-0.1, -0.05) is 41.4 Å². The highest BCUT2D eigenvalue weighted by Gasteiger charge is 2.39. The minimum Gasteiger partial charge on any atom is -0.378 e. The van der Waals surface area contributed by atoms with Gasteiger partial charge < -0.3 is 15.0 Å². The van der Waals surface area contributed by atoms with Crippen molar-refractivity contribution in [3.05, 3.63) is 93.0 Å². The van der Waals surface area contributed by atoms with Gasteiger partial charge in [0.05, 0.1) is 40.2 Å². The largest absolute Gasteiger partial charge is 0.378 e. The summed E-state index contributed by atoms with van der Waals surface area (Å²) in [4.78, 5) is 16.1. The number of nitrogens with zero attached hydrogens (tertiary/aromatic N) is 3. The zero-order valence-corrected chi connectivity index (χ0v) is 20.0. The van der Waals surface area contributed by atoms with Gasteiger partial charge in [-0.25, -0.2) is 9.07 Å². The Morgan fingerprint density at radius 3 is 2.65 bits per heavy atom. The molecule has 0 aliphatic carbocycles. The molecular weight excluding hydrogens is 478 g/mol. The number of fused-ring (bicyclic) bond motifs is 1. The SMILES string of the molecule is COCC1=C(C(=O)N2CCCC2c2ccc(F)cc2)C(c2ccc(Cl)c(Cl)c2)n2nccc2N1. The fourth-order valence-electron chi connectivity index (χ4n) is 4.82. The molecule has 2 unspecified atom stereocenters. The van der Waals surface area contributed by atoms with E-state index in [2.05, 4.69) is 10.4 Å². The van der Waals surface area contributed by atoms with E-state index in [1.54, 1.807) is 42.3 Å². The quantitative estimate of drug-likeness (QED) is 0.494. The highest BCUT2D eigenvalue weighted by Crippen LogP contribution is 2.41. The number of likely N-dealkylation sites (tertiary alicyclic amines) is 1. The summed E-state index contributed by atoms with van der Waals surface area (Å²) >= 11 is 12.5. The molecule has 5 rings (SSSR count). The van der Waals surface area contributed by atoms with Gasteiger partial charge in [0.2, 0.25) is 0 Å². The lowest BCUT2D eigenvalue weighted by Gasteiger charge is -2.34. The highest BCUT2D eigenvalue weighted by molar-refractivity contribution is 6.42. The molecule has 34 heavy (non-hydrogen) atoms. The molecule has 2 atom stereocenters. The van der Waals surface area contributed by atoms with Crippen LogP contribution in [0.4, 0.5) is 10.2 Å². The number of aromatic nitrogens is 2. The van der Waals surface area contributed by atoms with Gasteiger partial charge in [0.1, 0.15) is 17.7 Å². The summed E-state index contributed by atoms with van der Waals surface area (Å²) in [5, 5.41) is 8.65. The van der Waals surface area contributed by atoms with Crippen molar-refractivity contribution in [2.24, 2.45) is 0 Å². The second-order valence-electron chi connectivity index (χ2n) is 8.40. The number of ether oxygens (including phenoxy) is 1. The summed E-state index contributed by atoms with van der Waals surface area (Å²) < 4.78 is 20.8. The summed E-state index contributed by atoms with van der Waals surface area (Å²) in [7, 11) is 1.59. The summed E-state index contributed by atoms with van der Waals surface area (Å²) in [6.07, 6.45) is 3.35. The van der Waals surface area contributed by atoms with Gasteiger partial charge in [-0.15, -0.1) is 0 Å². The highest BCUT2D eigenvalue weighted by atomic mass is 35.5. The number of amides is 1. The molecule has 2 aliphatic heterocycles. The third-order valence-corrected chi connectivity index (χ3v) is 7.08. The van der Waals surface area contributed by atoms with E-state index in [0.29, 0.717) is 27.9 Å². The Hall–Kier alpha value is -2.87. The maximum atomic E-state index is 14.2. The van der Waals surface area contributed by atoms with E-state index in [9.17, 15) is 9.18 Å². The molecule has 0 bridgehead atoms. The Balaban J connectivity index is 1.61. The number of anilines is 1. The predicted molar refractivity (Wildman–Crippen MR) is 129 cm³/mol. The van der Waals surface area contributed by atoms with Crippen LogP contribution in [0.3, 0.4) is 0 Å². The number of methoxy groups -OCH3 is 1. The Labute approximate surface area is 206 Å². The van der Waals surface area contributed by atoms with Crippen LogP contribution in [0.25, 0.3) is 0 Å². The number of carbonyl (C=O) groups is 1. The van der Waals surface area contributed by atoms with Crippen molar-refractivity contribution >= 4 is 34.9 Å². The summed E-state index contributed by atoms with van der Waals surface area (Å²) in [6, 6.07) is 12.9. The molecular formula is C25H23Cl2FN4O2. The Kier molecular flexibility index (Phi) is 6.34. The van der Waals surface area contributed by atoms with Gasteiger partial charge in [-0.2, -0.15) is 5.10 Å². The van der Waals surface area contributed by atoms with Crippen molar-refractivity contribution in [2.75, 3.05) is 25.6 Å². The summed E-state index contributed by atoms with van der Waals surface area (Å²) in [5.41, 5.74) is 2.90. The molecule has 1 fully saturated rings. The maximum absolute atomic E-state index is 14.2. The van der Waals surface area contributed by atoms with Gasteiger partial charge >= 0.3 is 0 Å². The van der Waals surface area contributed by atoms with E-state index < -0.39 is 6.04 Å². The number of halogens is 3. The van der Waals surface area contributed by atoms with Crippen LogP contribution in [0.1, 0.15) is 36.1 Å². The van der Waals surface area contributed by atoms with E-state index >= 15 is 0 Å². The van der Waals surface area contributed by atoms with Gasteiger partial charge in [-0.3, -0.25) is 4.79 Å². The van der Waals surface area contributed by atoms with E-state index in [1.807, 2.05) is 17.0 Å². The van der Waals surface area contributed by atoms with E-state index in [1.165, 1.54) is 12.1 Å². The molecule has 9 heteroatoms. The summed E-state index contributed by atoms with van der Waals surface area (Å²) in [6.45, 7) is 0.823. The first kappa shape index (κ1) is 22.9. The molecule has 0 spiro atoms. The zero-order valence-electron chi connectivity index (χ0n) is 18.5. The van der Waals surface area contributed by atoms with Crippen molar-refractivity contribution in [3.8, 4) is 0 Å².